The Morgan fingerprint density at radius 1 is 1.33 bits per heavy atom. The highest BCUT2D eigenvalue weighted by molar-refractivity contribution is 14.0. The van der Waals surface area contributed by atoms with Crippen molar-refractivity contribution < 1.29 is 4.79 Å². The van der Waals surface area contributed by atoms with E-state index < -0.39 is 0 Å². The molecule has 2 heterocycles. The van der Waals surface area contributed by atoms with Gasteiger partial charge >= 0.3 is 0 Å². The molecule has 30 heavy (non-hydrogen) atoms. The summed E-state index contributed by atoms with van der Waals surface area (Å²) < 4.78 is 1.71. The number of benzene rings is 1. The summed E-state index contributed by atoms with van der Waals surface area (Å²) in [7, 11) is 3.62. The van der Waals surface area contributed by atoms with Crippen LogP contribution in [0.15, 0.2) is 41.7 Å². The molecule has 1 aromatic carbocycles. The maximum Gasteiger partial charge on any atom is 0.246 e. The standard InChI is InChI=1S/C21H31N7O.HI/c1-5-26(18-8-6-7-17(2)13-18)10-9-23-21(22-3)27-11-12-28(20(29)16-27)19-14-24-25(4)15-19;/h6-8,13-15H,5,9-12,16H2,1-4H3,(H,22,23);1H. The molecule has 0 radical (unpaired) electrons. The number of rotatable bonds is 6. The predicted molar refractivity (Wildman–Crippen MR) is 133 cm³/mol. The van der Waals surface area contributed by atoms with Crippen molar-refractivity contribution in [2.45, 2.75) is 13.8 Å². The van der Waals surface area contributed by atoms with E-state index >= 15 is 0 Å². The van der Waals surface area contributed by atoms with Crippen LogP contribution >= 0.6 is 24.0 Å². The van der Waals surface area contributed by atoms with Gasteiger partial charge in [-0.3, -0.25) is 14.5 Å². The second-order valence-electron chi connectivity index (χ2n) is 7.23. The van der Waals surface area contributed by atoms with Crippen LogP contribution in [0.5, 0.6) is 0 Å². The van der Waals surface area contributed by atoms with Crippen LogP contribution in [0.4, 0.5) is 11.4 Å². The molecule has 1 N–H and O–H groups in total. The lowest BCUT2D eigenvalue weighted by Gasteiger charge is -2.35. The van der Waals surface area contributed by atoms with Crippen molar-refractivity contribution in [2.75, 3.05) is 56.1 Å². The number of likely N-dealkylation sites (N-methyl/N-ethyl adjacent to an activating group) is 1. The average Bonchev–Trinajstić information content (AvgIpc) is 3.14. The third-order valence-electron chi connectivity index (χ3n) is 5.15. The molecule has 3 rings (SSSR count). The van der Waals surface area contributed by atoms with Gasteiger partial charge in [0.2, 0.25) is 5.91 Å². The molecule has 1 saturated heterocycles. The molecule has 0 unspecified atom stereocenters. The molecule has 1 aliphatic rings. The Morgan fingerprint density at radius 3 is 2.73 bits per heavy atom. The van der Waals surface area contributed by atoms with Crippen LogP contribution in [0.2, 0.25) is 0 Å². The van der Waals surface area contributed by atoms with E-state index in [2.05, 4.69) is 58.4 Å². The molecule has 0 spiro atoms. The normalized spacial score (nSPS) is 14.5. The van der Waals surface area contributed by atoms with E-state index in [0.717, 1.165) is 37.8 Å². The first-order valence-electron chi connectivity index (χ1n) is 10.1. The van der Waals surface area contributed by atoms with E-state index in [1.807, 2.05) is 18.1 Å². The zero-order valence-corrected chi connectivity index (χ0v) is 20.5. The van der Waals surface area contributed by atoms with Gasteiger partial charge in [-0.1, -0.05) is 12.1 Å². The second-order valence-corrected chi connectivity index (χ2v) is 7.23. The minimum Gasteiger partial charge on any atom is -0.370 e. The van der Waals surface area contributed by atoms with Crippen LogP contribution in [-0.2, 0) is 11.8 Å². The molecule has 1 fully saturated rings. The van der Waals surface area contributed by atoms with E-state index in [0.29, 0.717) is 13.1 Å². The summed E-state index contributed by atoms with van der Waals surface area (Å²) in [5.74, 6) is 0.826. The number of aryl methyl sites for hydroxylation is 2. The molecule has 164 valence electrons. The van der Waals surface area contributed by atoms with Gasteiger partial charge in [0.05, 0.1) is 11.9 Å². The van der Waals surface area contributed by atoms with Gasteiger partial charge in [-0.2, -0.15) is 5.10 Å². The first-order chi connectivity index (χ1) is 14.0. The zero-order chi connectivity index (χ0) is 20.8. The number of anilines is 2. The molecular formula is C21H32IN7O. The quantitative estimate of drug-likeness (QED) is 0.356. The fraction of sp³-hybridized carbons (Fsp3) is 0.476. The van der Waals surface area contributed by atoms with Crippen molar-refractivity contribution in [1.82, 2.24) is 20.0 Å². The molecule has 1 amide bonds. The topological polar surface area (TPSA) is 69.0 Å². The number of hydrogen-bond acceptors (Lipinski definition) is 4. The highest BCUT2D eigenvalue weighted by atomic mass is 127. The second kappa shape index (κ2) is 11.2. The van der Waals surface area contributed by atoms with E-state index in [1.54, 1.807) is 22.8 Å². The molecule has 1 aromatic heterocycles. The number of halogens is 1. The van der Waals surface area contributed by atoms with Crippen molar-refractivity contribution in [3.8, 4) is 0 Å². The number of carbonyl (C=O) groups excluding carboxylic acids is 1. The third-order valence-corrected chi connectivity index (χ3v) is 5.15. The van der Waals surface area contributed by atoms with Crippen molar-refractivity contribution >= 4 is 47.2 Å². The highest BCUT2D eigenvalue weighted by Crippen LogP contribution is 2.17. The number of nitrogens with zero attached hydrogens (tertiary/aromatic N) is 6. The number of aromatic nitrogens is 2. The smallest absolute Gasteiger partial charge is 0.246 e. The van der Waals surface area contributed by atoms with E-state index in [1.165, 1.54) is 11.3 Å². The van der Waals surface area contributed by atoms with Gasteiger partial charge in [0.15, 0.2) is 5.96 Å². The van der Waals surface area contributed by atoms with Crippen LogP contribution in [0.25, 0.3) is 0 Å². The number of carbonyl (C=O) groups is 1. The van der Waals surface area contributed by atoms with Crippen molar-refractivity contribution in [3.63, 3.8) is 0 Å². The van der Waals surface area contributed by atoms with Gasteiger partial charge in [0, 0.05) is 58.7 Å². The molecule has 2 aromatic rings. The SMILES string of the molecule is CCN(CCNC(=NC)N1CCN(c2cnn(C)c2)C(=O)C1)c1cccc(C)c1.I. The summed E-state index contributed by atoms with van der Waals surface area (Å²) in [4.78, 5) is 23.1. The summed E-state index contributed by atoms with van der Waals surface area (Å²) >= 11 is 0. The van der Waals surface area contributed by atoms with Gasteiger partial charge < -0.3 is 20.0 Å². The van der Waals surface area contributed by atoms with Gasteiger partial charge in [-0.15, -0.1) is 24.0 Å². The van der Waals surface area contributed by atoms with Crippen molar-refractivity contribution in [3.05, 3.63) is 42.2 Å². The van der Waals surface area contributed by atoms with Crippen molar-refractivity contribution in [1.29, 1.82) is 0 Å². The zero-order valence-electron chi connectivity index (χ0n) is 18.2. The monoisotopic (exact) mass is 525 g/mol. The Bertz CT molecular complexity index is 867. The fourth-order valence-corrected chi connectivity index (χ4v) is 3.60. The highest BCUT2D eigenvalue weighted by Gasteiger charge is 2.27. The number of piperazine rings is 1. The van der Waals surface area contributed by atoms with E-state index in [4.69, 9.17) is 0 Å². The lowest BCUT2D eigenvalue weighted by Crippen LogP contribution is -2.56. The molecule has 9 heteroatoms. The maximum absolute atomic E-state index is 12.6. The Kier molecular flexibility index (Phi) is 8.94. The van der Waals surface area contributed by atoms with Gasteiger partial charge in [0.25, 0.3) is 0 Å². The molecule has 0 bridgehead atoms. The largest absolute Gasteiger partial charge is 0.370 e. The molecule has 0 aliphatic carbocycles. The third kappa shape index (κ3) is 5.87. The van der Waals surface area contributed by atoms with Crippen molar-refractivity contribution in [2.24, 2.45) is 12.0 Å². The van der Waals surface area contributed by atoms with Gasteiger partial charge in [-0.25, -0.2) is 0 Å². The number of hydrogen-bond donors (Lipinski definition) is 1. The van der Waals surface area contributed by atoms with Gasteiger partial charge in [-0.05, 0) is 31.5 Å². The first-order valence-corrected chi connectivity index (χ1v) is 10.1. The van der Waals surface area contributed by atoms with E-state index in [-0.39, 0.29) is 29.9 Å². The Balaban J connectivity index is 0.00000320. The summed E-state index contributed by atoms with van der Waals surface area (Å²) in [5.41, 5.74) is 3.33. The predicted octanol–water partition coefficient (Wildman–Crippen LogP) is 2.10. The average molecular weight is 525 g/mol. The van der Waals surface area contributed by atoms with Crippen LogP contribution < -0.4 is 15.1 Å². The molecule has 8 nitrogen and oxygen atoms in total. The van der Waals surface area contributed by atoms with Crippen LogP contribution in [0.1, 0.15) is 12.5 Å². The van der Waals surface area contributed by atoms with Gasteiger partial charge in [0.1, 0.15) is 6.54 Å². The number of guanidine groups is 1. The van der Waals surface area contributed by atoms with Crippen LogP contribution in [0.3, 0.4) is 0 Å². The lowest BCUT2D eigenvalue weighted by molar-refractivity contribution is -0.120. The number of aliphatic imine (C=N–C) groups is 1. The molecule has 0 saturated carbocycles. The number of amides is 1. The summed E-state index contributed by atoms with van der Waals surface area (Å²) in [6.07, 6.45) is 3.59. The Morgan fingerprint density at radius 2 is 2.13 bits per heavy atom. The first kappa shape index (κ1) is 24.0. The van der Waals surface area contributed by atoms with E-state index in [9.17, 15) is 4.79 Å². The Labute approximate surface area is 195 Å². The lowest BCUT2D eigenvalue weighted by atomic mass is 10.2. The van der Waals surface area contributed by atoms with Crippen LogP contribution in [-0.4, -0.2) is 72.9 Å². The summed E-state index contributed by atoms with van der Waals surface area (Å²) in [5, 5.41) is 7.58. The summed E-state index contributed by atoms with van der Waals surface area (Å²) in [6, 6.07) is 8.54. The molecular weight excluding hydrogens is 493 g/mol. The minimum atomic E-state index is 0. The number of nitrogens with one attached hydrogen (secondary N) is 1. The fourth-order valence-electron chi connectivity index (χ4n) is 3.60. The molecule has 1 aliphatic heterocycles. The molecule has 0 atom stereocenters. The summed E-state index contributed by atoms with van der Waals surface area (Å²) in [6.45, 7) is 8.49. The minimum absolute atomic E-state index is 0. The van der Waals surface area contributed by atoms with Crippen LogP contribution in [0, 0.1) is 6.92 Å². The maximum atomic E-state index is 12.6. The Hall–Kier alpha value is -2.30.